The third-order valence-corrected chi connectivity index (χ3v) is 4.66. The van der Waals surface area contributed by atoms with E-state index in [1.807, 2.05) is 36.4 Å². The van der Waals surface area contributed by atoms with Crippen LogP contribution in [0.4, 0.5) is 5.82 Å². The molecule has 1 fully saturated rings. The summed E-state index contributed by atoms with van der Waals surface area (Å²) in [6.07, 6.45) is 0.285. The molecule has 0 spiro atoms. The Morgan fingerprint density at radius 3 is 2.42 bits per heavy atom. The Balaban J connectivity index is 1.89. The number of hydrogen-bond acceptors (Lipinski definition) is 5. The number of anilines is 1. The topological polar surface area (TPSA) is 58.5 Å². The smallest absolute Gasteiger partial charge is 0.156 e. The highest BCUT2D eigenvalue weighted by molar-refractivity contribution is 5.84. The van der Waals surface area contributed by atoms with Gasteiger partial charge in [0.2, 0.25) is 0 Å². The van der Waals surface area contributed by atoms with E-state index in [-0.39, 0.29) is 18.8 Å². The van der Waals surface area contributed by atoms with Crippen molar-refractivity contribution >= 4 is 16.9 Å². The molecule has 2 heterocycles. The van der Waals surface area contributed by atoms with Gasteiger partial charge in [0, 0.05) is 18.7 Å². The molecule has 5 heteroatoms. The van der Waals surface area contributed by atoms with Crippen LogP contribution in [0, 0.1) is 0 Å². The van der Waals surface area contributed by atoms with Gasteiger partial charge in [-0.05, 0) is 31.5 Å². The molecular weight excluding hydrogens is 326 g/mol. The number of aliphatic hydroxyl groups excluding tert-OH is 1. The Bertz CT molecular complexity index is 904. The fourth-order valence-electron chi connectivity index (χ4n) is 3.55. The van der Waals surface area contributed by atoms with Crippen LogP contribution in [-0.4, -0.2) is 40.4 Å². The summed E-state index contributed by atoms with van der Waals surface area (Å²) < 4.78 is 5.88. The molecular formula is C21H23N3O2. The first-order chi connectivity index (χ1) is 12.6. The Morgan fingerprint density at radius 1 is 1.00 bits per heavy atom. The van der Waals surface area contributed by atoms with Gasteiger partial charge in [-0.3, -0.25) is 0 Å². The Labute approximate surface area is 153 Å². The number of hydrogen-bond donors (Lipinski definition) is 1. The maximum Gasteiger partial charge on any atom is 0.156 e. The lowest BCUT2D eigenvalue weighted by atomic mass is 10.1. The number of benzene rings is 2. The van der Waals surface area contributed by atoms with E-state index in [9.17, 15) is 5.11 Å². The number of fused-ring (bicyclic) bond motifs is 1. The normalized spacial score (nSPS) is 20.5. The Kier molecular flexibility index (Phi) is 4.57. The van der Waals surface area contributed by atoms with E-state index >= 15 is 0 Å². The second-order valence-electron chi connectivity index (χ2n) is 6.91. The number of ether oxygens (including phenoxy) is 1. The number of rotatable bonds is 3. The summed E-state index contributed by atoms with van der Waals surface area (Å²) in [5.41, 5.74) is 4.41. The summed E-state index contributed by atoms with van der Waals surface area (Å²) in [5, 5.41) is 9.44. The zero-order valence-electron chi connectivity index (χ0n) is 15.1. The van der Waals surface area contributed by atoms with Crippen molar-refractivity contribution in [2.45, 2.75) is 32.7 Å². The highest BCUT2D eigenvalue weighted by Crippen LogP contribution is 2.31. The molecule has 1 N–H and O–H groups in total. The van der Waals surface area contributed by atoms with Gasteiger partial charge in [-0.15, -0.1) is 0 Å². The highest BCUT2D eigenvalue weighted by atomic mass is 16.5. The van der Waals surface area contributed by atoms with E-state index in [1.54, 1.807) is 0 Å². The zero-order valence-corrected chi connectivity index (χ0v) is 15.1. The molecule has 3 aromatic rings. The minimum Gasteiger partial charge on any atom is -0.392 e. The Morgan fingerprint density at radius 2 is 1.73 bits per heavy atom. The van der Waals surface area contributed by atoms with Crippen LogP contribution in [0.25, 0.3) is 22.3 Å². The highest BCUT2D eigenvalue weighted by Gasteiger charge is 2.26. The van der Waals surface area contributed by atoms with Crippen molar-refractivity contribution in [3.63, 3.8) is 0 Å². The van der Waals surface area contributed by atoms with E-state index in [0.29, 0.717) is 0 Å². The molecule has 2 atom stereocenters. The molecule has 1 aromatic heterocycles. The molecule has 0 saturated carbocycles. The predicted molar refractivity (Wildman–Crippen MR) is 103 cm³/mol. The minimum absolute atomic E-state index is 0.000980. The van der Waals surface area contributed by atoms with E-state index < -0.39 is 0 Å². The van der Waals surface area contributed by atoms with Crippen molar-refractivity contribution in [3.8, 4) is 11.3 Å². The molecule has 0 aliphatic carbocycles. The number of aliphatic hydroxyl groups is 1. The molecule has 5 nitrogen and oxygen atoms in total. The van der Waals surface area contributed by atoms with Crippen molar-refractivity contribution in [2.24, 2.45) is 0 Å². The molecule has 134 valence electrons. The fraction of sp³-hybridized carbons (Fsp3) is 0.333. The molecule has 4 rings (SSSR count). The van der Waals surface area contributed by atoms with Gasteiger partial charge in [-0.2, -0.15) is 0 Å². The summed E-state index contributed by atoms with van der Waals surface area (Å²) in [6, 6.07) is 15.9. The second-order valence-corrected chi connectivity index (χ2v) is 6.91. The van der Waals surface area contributed by atoms with E-state index in [1.165, 1.54) is 0 Å². The van der Waals surface area contributed by atoms with Gasteiger partial charge in [-0.1, -0.05) is 36.4 Å². The lowest BCUT2D eigenvalue weighted by Crippen LogP contribution is -2.46. The van der Waals surface area contributed by atoms with Crippen molar-refractivity contribution < 1.29 is 9.84 Å². The quantitative estimate of drug-likeness (QED) is 0.785. The minimum atomic E-state index is -0.000980. The molecule has 1 saturated heterocycles. The van der Waals surface area contributed by atoms with Crippen LogP contribution >= 0.6 is 0 Å². The molecule has 26 heavy (non-hydrogen) atoms. The van der Waals surface area contributed by atoms with Crippen LogP contribution in [-0.2, 0) is 11.3 Å². The lowest BCUT2D eigenvalue weighted by Gasteiger charge is -2.36. The first-order valence-corrected chi connectivity index (χ1v) is 9.01. The molecule has 2 aromatic carbocycles. The largest absolute Gasteiger partial charge is 0.392 e. The zero-order chi connectivity index (χ0) is 18.1. The maximum absolute atomic E-state index is 9.44. The lowest BCUT2D eigenvalue weighted by molar-refractivity contribution is -0.00542. The average Bonchev–Trinajstić information content (AvgIpc) is 2.66. The molecule has 0 radical (unpaired) electrons. The Hall–Kier alpha value is -2.50. The van der Waals surface area contributed by atoms with Gasteiger partial charge in [0.25, 0.3) is 0 Å². The van der Waals surface area contributed by atoms with E-state index in [2.05, 4.69) is 30.9 Å². The van der Waals surface area contributed by atoms with Crippen molar-refractivity contribution in [1.29, 1.82) is 0 Å². The van der Waals surface area contributed by atoms with Crippen LogP contribution in [0.3, 0.4) is 0 Å². The van der Waals surface area contributed by atoms with Crippen molar-refractivity contribution in [1.82, 2.24) is 9.97 Å². The summed E-state index contributed by atoms with van der Waals surface area (Å²) >= 11 is 0. The van der Waals surface area contributed by atoms with E-state index in [4.69, 9.17) is 14.7 Å². The summed E-state index contributed by atoms with van der Waals surface area (Å²) in [7, 11) is 0. The third-order valence-electron chi connectivity index (χ3n) is 4.66. The van der Waals surface area contributed by atoms with Gasteiger partial charge in [-0.25, -0.2) is 9.97 Å². The molecule has 0 bridgehead atoms. The SMILES string of the molecule is CC1CN(c2nc3cc(CO)ccc3nc2-c2ccccc2)CC(C)O1. The summed E-state index contributed by atoms with van der Waals surface area (Å²) in [6.45, 7) is 5.74. The molecule has 2 unspecified atom stereocenters. The third kappa shape index (κ3) is 3.28. The van der Waals surface area contributed by atoms with Crippen molar-refractivity contribution in [2.75, 3.05) is 18.0 Å². The maximum atomic E-state index is 9.44. The monoisotopic (exact) mass is 349 g/mol. The van der Waals surface area contributed by atoms with Gasteiger partial charge in [0.15, 0.2) is 5.82 Å². The standard InChI is InChI=1S/C21H23N3O2/c1-14-11-24(12-15(2)26-14)21-20(17-6-4-3-5-7-17)22-18-9-8-16(13-25)10-19(18)23-21/h3-10,14-15,25H,11-13H2,1-2H3. The summed E-state index contributed by atoms with van der Waals surface area (Å²) in [4.78, 5) is 12.1. The number of nitrogens with zero attached hydrogens (tertiary/aromatic N) is 3. The fourth-order valence-corrected chi connectivity index (χ4v) is 3.55. The van der Waals surface area contributed by atoms with Crippen molar-refractivity contribution in [3.05, 3.63) is 54.1 Å². The first kappa shape index (κ1) is 16.9. The van der Waals surface area contributed by atoms with Crippen LogP contribution in [0.15, 0.2) is 48.5 Å². The van der Waals surface area contributed by atoms with Crippen LogP contribution in [0.5, 0.6) is 0 Å². The second kappa shape index (κ2) is 7.02. The first-order valence-electron chi connectivity index (χ1n) is 9.01. The van der Waals surface area contributed by atoms with Crippen LogP contribution < -0.4 is 4.90 Å². The molecule has 1 aliphatic heterocycles. The predicted octanol–water partition coefficient (Wildman–Crippen LogP) is 3.40. The molecule has 0 amide bonds. The van der Waals surface area contributed by atoms with Gasteiger partial charge in [0.05, 0.1) is 29.8 Å². The van der Waals surface area contributed by atoms with E-state index in [0.717, 1.165) is 46.8 Å². The number of morpholine rings is 1. The van der Waals surface area contributed by atoms with Gasteiger partial charge in [0.1, 0.15) is 5.69 Å². The van der Waals surface area contributed by atoms with Crippen LogP contribution in [0.1, 0.15) is 19.4 Å². The molecule has 1 aliphatic rings. The summed E-state index contributed by atoms with van der Waals surface area (Å²) in [5.74, 6) is 0.876. The van der Waals surface area contributed by atoms with Gasteiger partial charge >= 0.3 is 0 Å². The number of aromatic nitrogens is 2. The van der Waals surface area contributed by atoms with Crippen LogP contribution in [0.2, 0.25) is 0 Å². The average molecular weight is 349 g/mol. The van der Waals surface area contributed by atoms with Gasteiger partial charge < -0.3 is 14.7 Å².